The fraction of sp³-hybridized carbons (Fsp3) is 0. The van der Waals surface area contributed by atoms with Crippen LogP contribution >= 0.6 is 11.6 Å². The number of halogens is 1. The molecule has 0 radical (unpaired) electrons. The van der Waals surface area contributed by atoms with Crippen LogP contribution < -0.4 is 0 Å². The minimum atomic E-state index is -0.520. The maximum atomic E-state index is 10.2. The lowest BCUT2D eigenvalue weighted by atomic mass is 10.2. The van der Waals surface area contributed by atoms with E-state index in [0.717, 1.165) is 5.56 Å². The van der Waals surface area contributed by atoms with Crippen LogP contribution in [0.25, 0.3) is 0 Å². The monoisotopic (exact) mass is 302 g/mol. The Bertz CT molecular complexity index is 662. The molecule has 0 amide bonds. The Morgan fingerprint density at radius 2 is 1.76 bits per heavy atom. The van der Waals surface area contributed by atoms with E-state index in [0.29, 0.717) is 5.56 Å². The molecule has 21 heavy (non-hydrogen) atoms. The molecule has 0 heterocycles. The van der Waals surface area contributed by atoms with Crippen molar-refractivity contribution >= 4 is 22.5 Å². The van der Waals surface area contributed by atoms with E-state index in [1.807, 2.05) is 30.3 Å². The van der Waals surface area contributed by atoms with Gasteiger partial charge in [0, 0.05) is 23.3 Å². The third-order valence-corrected chi connectivity index (χ3v) is 2.64. The van der Waals surface area contributed by atoms with Crippen LogP contribution in [0.3, 0.4) is 0 Å². The molecule has 0 aliphatic heterocycles. The molecular weight excluding hydrogens is 292 g/mol. The summed E-state index contributed by atoms with van der Waals surface area (Å²) in [7, 11) is 0. The molecule has 0 aliphatic rings. The van der Waals surface area contributed by atoms with Crippen LogP contribution in [0.4, 0.5) is 5.69 Å². The number of nitro groups is 1. The number of rotatable bonds is 2. The molecule has 0 unspecified atom stereocenters. The van der Waals surface area contributed by atoms with E-state index in [1.165, 1.54) is 24.3 Å². The summed E-state index contributed by atoms with van der Waals surface area (Å²) >= 11 is 5.45. The fourth-order valence-corrected chi connectivity index (χ4v) is 1.44. The first-order valence-electron chi connectivity index (χ1n) is 5.72. The molecule has 6 heteroatoms. The van der Waals surface area contributed by atoms with Crippen molar-refractivity contribution in [2.45, 2.75) is 0 Å². The topological polar surface area (TPSA) is 75.7 Å². The standard InChI is InChI=1S/C8H6.C7H5ClN2O3/c1-2-8-6-4-3-5-7-8;8-7(9-11)5-1-3-6(4-2-5)10(12)13/h1,3-7H;1-4,11H/b;9-7-. The number of non-ortho nitro benzene ring substituents is 1. The highest BCUT2D eigenvalue weighted by atomic mass is 35.5. The van der Waals surface area contributed by atoms with Gasteiger partial charge in [0.1, 0.15) is 0 Å². The summed E-state index contributed by atoms with van der Waals surface area (Å²) in [6.45, 7) is 0. The van der Waals surface area contributed by atoms with Crippen molar-refractivity contribution < 1.29 is 10.1 Å². The Kier molecular flexibility index (Phi) is 6.45. The Balaban J connectivity index is 0.000000235. The van der Waals surface area contributed by atoms with Gasteiger partial charge >= 0.3 is 0 Å². The summed E-state index contributed by atoms with van der Waals surface area (Å²) in [4.78, 5) is 9.72. The van der Waals surface area contributed by atoms with E-state index >= 15 is 0 Å². The molecule has 2 aromatic carbocycles. The van der Waals surface area contributed by atoms with Crippen LogP contribution in [-0.2, 0) is 0 Å². The number of oxime groups is 1. The predicted molar refractivity (Wildman–Crippen MR) is 81.6 cm³/mol. The van der Waals surface area contributed by atoms with Crippen molar-refractivity contribution in [3.8, 4) is 12.3 Å². The van der Waals surface area contributed by atoms with Gasteiger partial charge in [0.2, 0.25) is 0 Å². The first kappa shape index (κ1) is 16.2. The van der Waals surface area contributed by atoms with Crippen molar-refractivity contribution in [3.05, 3.63) is 75.8 Å². The number of benzene rings is 2. The van der Waals surface area contributed by atoms with Gasteiger partial charge in [-0.25, -0.2) is 0 Å². The first-order chi connectivity index (χ1) is 10.1. The SMILES string of the molecule is C#Cc1ccccc1.O=[N+]([O-])c1ccc(/C(Cl)=N/O)cc1. The van der Waals surface area contributed by atoms with Gasteiger partial charge in [-0.15, -0.1) is 6.42 Å². The molecule has 0 fully saturated rings. The highest BCUT2D eigenvalue weighted by Crippen LogP contribution is 2.13. The molecule has 0 bridgehead atoms. The number of nitrogens with zero attached hydrogens (tertiary/aromatic N) is 2. The first-order valence-corrected chi connectivity index (χ1v) is 6.10. The van der Waals surface area contributed by atoms with E-state index in [2.05, 4.69) is 11.1 Å². The zero-order valence-electron chi connectivity index (χ0n) is 10.8. The molecule has 106 valence electrons. The number of hydrogen-bond acceptors (Lipinski definition) is 4. The smallest absolute Gasteiger partial charge is 0.269 e. The second-order valence-corrected chi connectivity index (χ2v) is 4.06. The summed E-state index contributed by atoms with van der Waals surface area (Å²) in [5, 5.41) is 21.2. The van der Waals surface area contributed by atoms with Crippen molar-refractivity contribution in [2.75, 3.05) is 0 Å². The van der Waals surface area contributed by atoms with Crippen molar-refractivity contribution in [2.24, 2.45) is 5.16 Å². The second-order valence-electron chi connectivity index (χ2n) is 3.71. The maximum absolute atomic E-state index is 10.2. The molecule has 0 spiro atoms. The molecule has 2 aromatic rings. The average Bonchev–Trinajstić information content (AvgIpc) is 2.55. The van der Waals surface area contributed by atoms with Gasteiger partial charge in [0.15, 0.2) is 5.17 Å². The van der Waals surface area contributed by atoms with Gasteiger partial charge in [0.05, 0.1) is 4.92 Å². The molecule has 0 aromatic heterocycles. The van der Waals surface area contributed by atoms with E-state index in [1.54, 1.807) is 0 Å². The number of nitro benzene ring substituents is 1. The third-order valence-electron chi connectivity index (χ3n) is 2.34. The van der Waals surface area contributed by atoms with Crippen molar-refractivity contribution in [1.82, 2.24) is 0 Å². The number of hydrogen-bond donors (Lipinski definition) is 1. The van der Waals surface area contributed by atoms with Gasteiger partial charge in [-0.3, -0.25) is 10.1 Å². The lowest BCUT2D eigenvalue weighted by Gasteiger charge is -1.94. The molecular formula is C15H11ClN2O3. The van der Waals surface area contributed by atoms with E-state index in [-0.39, 0.29) is 10.9 Å². The quantitative estimate of drug-likeness (QED) is 0.302. The van der Waals surface area contributed by atoms with Crippen molar-refractivity contribution in [3.63, 3.8) is 0 Å². The molecule has 0 saturated heterocycles. The van der Waals surface area contributed by atoms with Gasteiger partial charge in [-0.2, -0.15) is 0 Å². The van der Waals surface area contributed by atoms with Crippen molar-refractivity contribution in [1.29, 1.82) is 0 Å². The Morgan fingerprint density at radius 1 is 1.19 bits per heavy atom. The average molecular weight is 303 g/mol. The fourth-order valence-electron chi connectivity index (χ4n) is 1.31. The summed E-state index contributed by atoms with van der Waals surface area (Å²) in [6, 6.07) is 15.0. The molecule has 1 N–H and O–H groups in total. The zero-order valence-corrected chi connectivity index (χ0v) is 11.6. The van der Waals surface area contributed by atoms with Crippen LogP contribution in [-0.4, -0.2) is 15.3 Å². The lowest BCUT2D eigenvalue weighted by molar-refractivity contribution is -0.384. The van der Waals surface area contributed by atoms with Gasteiger partial charge in [0.25, 0.3) is 5.69 Å². The van der Waals surface area contributed by atoms with Gasteiger partial charge in [-0.05, 0) is 24.3 Å². The van der Waals surface area contributed by atoms with E-state index < -0.39 is 4.92 Å². The van der Waals surface area contributed by atoms with Crippen LogP contribution in [0.15, 0.2) is 59.8 Å². The van der Waals surface area contributed by atoms with Gasteiger partial charge < -0.3 is 5.21 Å². The normalized spacial score (nSPS) is 10.0. The third kappa shape index (κ3) is 5.35. The summed E-state index contributed by atoms with van der Waals surface area (Å²) < 4.78 is 0. The zero-order chi connectivity index (χ0) is 15.7. The number of terminal acetylenes is 1. The molecule has 5 nitrogen and oxygen atoms in total. The van der Waals surface area contributed by atoms with Crippen LogP contribution in [0.5, 0.6) is 0 Å². The minimum absolute atomic E-state index is 0.0360. The molecule has 0 saturated carbocycles. The second kappa shape index (κ2) is 8.35. The largest absolute Gasteiger partial charge is 0.410 e. The van der Waals surface area contributed by atoms with E-state index in [9.17, 15) is 10.1 Å². The Hall–Kier alpha value is -2.84. The maximum Gasteiger partial charge on any atom is 0.269 e. The Labute approximate surface area is 126 Å². The summed E-state index contributed by atoms with van der Waals surface area (Å²) in [5.41, 5.74) is 1.33. The van der Waals surface area contributed by atoms with Crippen LogP contribution in [0.2, 0.25) is 0 Å². The minimum Gasteiger partial charge on any atom is -0.410 e. The van der Waals surface area contributed by atoms with Crippen LogP contribution in [0.1, 0.15) is 11.1 Å². The van der Waals surface area contributed by atoms with E-state index in [4.69, 9.17) is 23.2 Å². The summed E-state index contributed by atoms with van der Waals surface area (Å²) in [5.74, 6) is 2.53. The summed E-state index contributed by atoms with van der Waals surface area (Å²) in [6.07, 6.45) is 5.10. The Morgan fingerprint density at radius 3 is 2.14 bits per heavy atom. The highest BCUT2D eigenvalue weighted by Gasteiger charge is 2.05. The lowest BCUT2D eigenvalue weighted by Crippen LogP contribution is -1.92. The molecule has 0 atom stereocenters. The van der Waals surface area contributed by atoms with Crippen LogP contribution in [0, 0.1) is 22.5 Å². The molecule has 2 rings (SSSR count). The predicted octanol–water partition coefficient (Wildman–Crippen LogP) is 3.64. The highest BCUT2D eigenvalue weighted by molar-refractivity contribution is 6.69. The molecule has 0 aliphatic carbocycles. The van der Waals surface area contributed by atoms with Gasteiger partial charge in [-0.1, -0.05) is 40.9 Å².